The van der Waals surface area contributed by atoms with Gasteiger partial charge >= 0.3 is 0 Å². The van der Waals surface area contributed by atoms with Crippen molar-refractivity contribution in [3.05, 3.63) is 26.1 Å². The van der Waals surface area contributed by atoms with Crippen molar-refractivity contribution in [1.29, 1.82) is 0 Å². The molecule has 6 heteroatoms. The number of aryl methyl sites for hydroxylation is 1. The van der Waals surface area contributed by atoms with Gasteiger partial charge in [-0.15, -0.1) is 11.3 Å². The zero-order valence-electron chi connectivity index (χ0n) is 10.8. The van der Waals surface area contributed by atoms with Gasteiger partial charge in [0, 0.05) is 16.4 Å². The molecule has 2 rings (SSSR count). The third-order valence-corrected chi connectivity index (χ3v) is 5.11. The Morgan fingerprint density at radius 2 is 2.05 bits per heavy atom. The van der Waals surface area contributed by atoms with Gasteiger partial charge in [0.2, 0.25) is 0 Å². The van der Waals surface area contributed by atoms with Crippen molar-refractivity contribution in [2.75, 3.05) is 11.9 Å². The van der Waals surface area contributed by atoms with Crippen molar-refractivity contribution in [1.82, 2.24) is 9.97 Å². The van der Waals surface area contributed by atoms with E-state index < -0.39 is 0 Å². The van der Waals surface area contributed by atoms with Gasteiger partial charge in [-0.1, -0.05) is 13.8 Å². The predicted octanol–water partition coefficient (Wildman–Crippen LogP) is 5.11. The lowest BCUT2D eigenvalue weighted by Crippen LogP contribution is -2.06. The van der Waals surface area contributed by atoms with Gasteiger partial charge < -0.3 is 5.32 Å². The van der Waals surface area contributed by atoms with Crippen LogP contribution in [0.25, 0.3) is 10.7 Å². The van der Waals surface area contributed by atoms with Gasteiger partial charge in [-0.05, 0) is 50.8 Å². The van der Waals surface area contributed by atoms with E-state index in [9.17, 15) is 0 Å². The molecule has 0 aliphatic rings. The smallest absolute Gasteiger partial charge is 0.171 e. The van der Waals surface area contributed by atoms with Crippen molar-refractivity contribution in [2.45, 2.75) is 26.7 Å². The monoisotopic (exact) mass is 403 g/mol. The topological polar surface area (TPSA) is 37.8 Å². The molecule has 19 heavy (non-hydrogen) atoms. The molecule has 2 aromatic heterocycles. The molecule has 1 N–H and O–H groups in total. The van der Waals surface area contributed by atoms with Crippen LogP contribution in [0, 0.1) is 0 Å². The fraction of sp³-hybridized carbons (Fsp3) is 0.385. The van der Waals surface area contributed by atoms with Crippen molar-refractivity contribution < 1.29 is 0 Å². The number of aromatic nitrogens is 2. The van der Waals surface area contributed by atoms with E-state index in [1.165, 1.54) is 0 Å². The number of nitrogens with one attached hydrogen (secondary N) is 1. The van der Waals surface area contributed by atoms with Crippen LogP contribution in [0.15, 0.2) is 20.4 Å². The molecule has 0 radical (unpaired) electrons. The molecule has 0 fully saturated rings. The number of anilines is 1. The Morgan fingerprint density at radius 1 is 1.26 bits per heavy atom. The zero-order chi connectivity index (χ0) is 13.8. The Kier molecular flexibility index (Phi) is 5.36. The lowest BCUT2D eigenvalue weighted by molar-refractivity contribution is 0.945. The van der Waals surface area contributed by atoms with Crippen molar-refractivity contribution in [2.24, 2.45) is 0 Å². The van der Waals surface area contributed by atoms with Crippen molar-refractivity contribution in [3.63, 3.8) is 0 Å². The Bertz CT molecular complexity index is 569. The van der Waals surface area contributed by atoms with Crippen LogP contribution in [0.4, 0.5) is 5.82 Å². The van der Waals surface area contributed by atoms with Gasteiger partial charge in [0.05, 0.1) is 15.0 Å². The van der Waals surface area contributed by atoms with Crippen LogP contribution in [-0.4, -0.2) is 16.5 Å². The van der Waals surface area contributed by atoms with Crippen LogP contribution in [0.1, 0.15) is 26.0 Å². The van der Waals surface area contributed by atoms with Crippen LogP contribution in [-0.2, 0) is 6.42 Å². The minimum absolute atomic E-state index is 0.786. The quantitative estimate of drug-likeness (QED) is 0.751. The average Bonchev–Trinajstić information content (AvgIpc) is 2.84. The first-order valence-corrected chi connectivity index (χ1v) is 8.67. The minimum Gasteiger partial charge on any atom is -0.369 e. The average molecular weight is 405 g/mol. The molecule has 0 unspecified atom stereocenters. The van der Waals surface area contributed by atoms with E-state index in [2.05, 4.69) is 67.1 Å². The number of halogens is 2. The largest absolute Gasteiger partial charge is 0.369 e. The number of hydrogen-bond donors (Lipinski definition) is 1. The van der Waals surface area contributed by atoms with Gasteiger partial charge in [0.15, 0.2) is 5.82 Å². The molecule has 0 saturated carbocycles. The summed E-state index contributed by atoms with van der Waals surface area (Å²) < 4.78 is 2.04. The van der Waals surface area contributed by atoms with Gasteiger partial charge in [-0.2, -0.15) is 0 Å². The molecular formula is C13H15Br2N3S. The highest BCUT2D eigenvalue weighted by Crippen LogP contribution is 2.31. The number of rotatable bonds is 5. The molecule has 0 amide bonds. The molecule has 0 aliphatic carbocycles. The molecule has 0 aliphatic heterocycles. The Labute approximate surface area is 134 Å². The Balaban J connectivity index is 2.44. The summed E-state index contributed by atoms with van der Waals surface area (Å²) in [5.74, 6) is 1.67. The standard InChI is InChI=1S/C13H15Br2N3S/c1-3-5-16-13-11(15)9(4-2)17-12(18-13)10-6-8(14)7-19-10/h6-7H,3-5H2,1-2H3,(H,16,17,18). The fourth-order valence-electron chi connectivity index (χ4n) is 1.63. The normalized spacial score (nSPS) is 10.7. The highest BCUT2D eigenvalue weighted by Gasteiger charge is 2.13. The summed E-state index contributed by atoms with van der Waals surface area (Å²) in [6.45, 7) is 5.15. The molecule has 0 atom stereocenters. The minimum atomic E-state index is 0.786. The molecule has 0 spiro atoms. The van der Waals surface area contributed by atoms with E-state index in [4.69, 9.17) is 0 Å². The highest BCUT2D eigenvalue weighted by molar-refractivity contribution is 9.11. The molecule has 2 aromatic rings. The SMILES string of the molecule is CCCNc1nc(-c2cc(Br)cs2)nc(CC)c1Br. The summed E-state index contributed by atoms with van der Waals surface area (Å²) in [5.41, 5.74) is 1.04. The maximum absolute atomic E-state index is 4.63. The lowest BCUT2D eigenvalue weighted by Gasteiger charge is -2.11. The van der Waals surface area contributed by atoms with Crippen LogP contribution < -0.4 is 5.32 Å². The van der Waals surface area contributed by atoms with Gasteiger partial charge in [-0.3, -0.25) is 0 Å². The number of nitrogens with zero attached hydrogens (tertiary/aromatic N) is 2. The first-order chi connectivity index (χ1) is 9.15. The third-order valence-electron chi connectivity index (χ3n) is 2.59. The summed E-state index contributed by atoms with van der Waals surface area (Å²) in [5, 5.41) is 5.40. The highest BCUT2D eigenvalue weighted by atomic mass is 79.9. The number of hydrogen-bond acceptors (Lipinski definition) is 4. The summed E-state index contributed by atoms with van der Waals surface area (Å²) in [6, 6.07) is 2.05. The second-order valence-corrected chi connectivity index (χ2v) is 6.69. The van der Waals surface area contributed by atoms with Gasteiger partial charge in [0.25, 0.3) is 0 Å². The second kappa shape index (κ2) is 6.81. The van der Waals surface area contributed by atoms with E-state index in [1.807, 2.05) is 5.38 Å². The predicted molar refractivity (Wildman–Crippen MR) is 88.9 cm³/mol. The van der Waals surface area contributed by atoms with Crippen LogP contribution >= 0.6 is 43.2 Å². The molecular weight excluding hydrogens is 390 g/mol. The van der Waals surface area contributed by atoms with Gasteiger partial charge in [-0.25, -0.2) is 9.97 Å². The van der Waals surface area contributed by atoms with E-state index in [1.54, 1.807) is 11.3 Å². The fourth-order valence-corrected chi connectivity index (χ4v) is 3.59. The van der Waals surface area contributed by atoms with Crippen LogP contribution in [0.5, 0.6) is 0 Å². The first kappa shape index (κ1) is 14.9. The maximum atomic E-state index is 4.63. The van der Waals surface area contributed by atoms with E-state index in [0.717, 1.165) is 50.5 Å². The van der Waals surface area contributed by atoms with Crippen LogP contribution in [0.2, 0.25) is 0 Å². The summed E-state index contributed by atoms with van der Waals surface area (Å²) in [4.78, 5) is 10.3. The first-order valence-electron chi connectivity index (χ1n) is 6.20. The lowest BCUT2D eigenvalue weighted by atomic mass is 10.3. The molecule has 2 heterocycles. The van der Waals surface area contributed by atoms with E-state index in [0.29, 0.717) is 0 Å². The zero-order valence-corrected chi connectivity index (χ0v) is 14.8. The Hall–Kier alpha value is -0.460. The summed E-state index contributed by atoms with van der Waals surface area (Å²) in [6.07, 6.45) is 1.95. The van der Waals surface area contributed by atoms with E-state index in [-0.39, 0.29) is 0 Å². The van der Waals surface area contributed by atoms with E-state index >= 15 is 0 Å². The molecule has 0 saturated heterocycles. The second-order valence-electron chi connectivity index (χ2n) is 4.07. The van der Waals surface area contributed by atoms with Crippen LogP contribution in [0.3, 0.4) is 0 Å². The van der Waals surface area contributed by atoms with Crippen molar-refractivity contribution in [3.8, 4) is 10.7 Å². The molecule has 3 nitrogen and oxygen atoms in total. The van der Waals surface area contributed by atoms with Gasteiger partial charge in [0.1, 0.15) is 5.82 Å². The summed E-state index contributed by atoms with van der Waals surface area (Å²) in [7, 11) is 0. The molecule has 0 aromatic carbocycles. The summed E-state index contributed by atoms with van der Waals surface area (Å²) >= 11 is 8.71. The molecule has 102 valence electrons. The third kappa shape index (κ3) is 3.55. The maximum Gasteiger partial charge on any atom is 0.171 e. The number of thiophene rings is 1. The molecule has 0 bridgehead atoms. The van der Waals surface area contributed by atoms with Crippen molar-refractivity contribution >= 4 is 49.0 Å². The Morgan fingerprint density at radius 3 is 2.63 bits per heavy atom.